The second-order valence-corrected chi connectivity index (χ2v) is 6.26. The van der Waals surface area contributed by atoms with Crippen molar-refractivity contribution in [3.8, 4) is 11.3 Å². The lowest BCUT2D eigenvalue weighted by Crippen LogP contribution is -2.09. The van der Waals surface area contributed by atoms with Gasteiger partial charge >= 0.3 is 5.82 Å². The summed E-state index contributed by atoms with van der Waals surface area (Å²) in [5, 5.41) is 16.2. The second-order valence-electron chi connectivity index (χ2n) is 5.39. The molecule has 126 valence electrons. The molecule has 3 heterocycles. The fraction of sp³-hybridized carbons (Fsp3) is 0.125. The summed E-state index contributed by atoms with van der Waals surface area (Å²) in [5.41, 5.74) is 0.918. The Morgan fingerprint density at radius 3 is 2.92 bits per heavy atom. The molecule has 0 aliphatic carbocycles. The Kier molecular flexibility index (Phi) is 3.69. The molecule has 4 aromatic rings. The van der Waals surface area contributed by atoms with E-state index in [9.17, 15) is 10.1 Å². The molecule has 0 radical (unpaired) electrons. The van der Waals surface area contributed by atoms with Crippen molar-refractivity contribution in [1.82, 2.24) is 14.4 Å². The number of hydrogen-bond donors (Lipinski definition) is 1. The third kappa shape index (κ3) is 2.74. The number of benzene rings is 1. The van der Waals surface area contributed by atoms with Crippen LogP contribution in [0.1, 0.15) is 18.9 Å². The maximum absolute atomic E-state index is 11.4. The van der Waals surface area contributed by atoms with Gasteiger partial charge in [0.15, 0.2) is 5.76 Å². The van der Waals surface area contributed by atoms with E-state index in [0.717, 1.165) is 5.56 Å². The van der Waals surface area contributed by atoms with Gasteiger partial charge in [0, 0.05) is 10.9 Å². The summed E-state index contributed by atoms with van der Waals surface area (Å²) in [6.07, 6.45) is 3.27. The minimum absolute atomic E-state index is 0.0991. The molecule has 0 bridgehead atoms. The van der Waals surface area contributed by atoms with Gasteiger partial charge in [0.1, 0.15) is 12.2 Å². The van der Waals surface area contributed by atoms with Crippen molar-refractivity contribution in [1.29, 1.82) is 0 Å². The third-order valence-electron chi connectivity index (χ3n) is 3.72. The molecule has 0 aliphatic rings. The van der Waals surface area contributed by atoms with E-state index < -0.39 is 4.92 Å². The van der Waals surface area contributed by atoms with Gasteiger partial charge in [-0.3, -0.25) is 0 Å². The van der Waals surface area contributed by atoms with Gasteiger partial charge in [-0.05, 0) is 11.8 Å². The highest BCUT2D eigenvalue weighted by Crippen LogP contribution is 2.31. The van der Waals surface area contributed by atoms with E-state index in [1.807, 2.05) is 37.3 Å². The number of fused-ring (bicyclic) bond motifs is 1. The van der Waals surface area contributed by atoms with Crippen LogP contribution < -0.4 is 5.32 Å². The lowest BCUT2D eigenvalue weighted by Gasteiger charge is -2.09. The van der Waals surface area contributed by atoms with Gasteiger partial charge in [0.25, 0.3) is 4.96 Å². The first-order chi connectivity index (χ1) is 12.1. The Balaban J connectivity index is 1.62. The molecule has 0 saturated carbocycles. The number of thiazole rings is 1. The predicted octanol–water partition coefficient (Wildman–Crippen LogP) is 4.13. The number of nitrogens with one attached hydrogen (secondary N) is 1. The molecule has 25 heavy (non-hydrogen) atoms. The summed E-state index contributed by atoms with van der Waals surface area (Å²) in [5.74, 6) is 1.18. The Morgan fingerprint density at radius 1 is 1.36 bits per heavy atom. The summed E-state index contributed by atoms with van der Waals surface area (Å²) in [7, 11) is 0. The Bertz CT molecular complexity index is 1040. The monoisotopic (exact) mass is 355 g/mol. The van der Waals surface area contributed by atoms with E-state index in [-0.39, 0.29) is 17.7 Å². The van der Waals surface area contributed by atoms with Gasteiger partial charge in [0.05, 0.1) is 6.20 Å². The maximum Gasteiger partial charge on any atom is 0.372 e. The molecule has 8 nitrogen and oxygen atoms in total. The Hall–Kier alpha value is -3.20. The topological polar surface area (TPSA) is 98.5 Å². The lowest BCUT2D eigenvalue weighted by molar-refractivity contribution is -0.389. The van der Waals surface area contributed by atoms with Gasteiger partial charge in [-0.2, -0.15) is 9.38 Å². The number of hydrogen-bond acceptors (Lipinski definition) is 7. The summed E-state index contributed by atoms with van der Waals surface area (Å²) in [6.45, 7) is 1.82. The van der Waals surface area contributed by atoms with E-state index in [1.165, 1.54) is 15.7 Å². The van der Waals surface area contributed by atoms with Gasteiger partial charge < -0.3 is 19.8 Å². The molecule has 1 atom stereocenters. The molecule has 3 aromatic heterocycles. The van der Waals surface area contributed by atoms with E-state index in [2.05, 4.69) is 15.3 Å². The Labute approximate surface area is 145 Å². The minimum Gasteiger partial charge on any atom is -0.438 e. The zero-order chi connectivity index (χ0) is 17.4. The van der Waals surface area contributed by atoms with Crippen molar-refractivity contribution in [2.24, 2.45) is 0 Å². The van der Waals surface area contributed by atoms with Gasteiger partial charge in [0.2, 0.25) is 11.7 Å². The molecule has 4 rings (SSSR count). The lowest BCUT2D eigenvalue weighted by atomic mass is 10.2. The molecule has 9 heteroatoms. The normalized spacial score (nSPS) is 12.4. The number of oxazole rings is 1. The molecule has 1 unspecified atom stereocenters. The van der Waals surface area contributed by atoms with Crippen molar-refractivity contribution < 1.29 is 9.34 Å². The van der Waals surface area contributed by atoms with Gasteiger partial charge in [-0.15, -0.1) is 0 Å². The van der Waals surface area contributed by atoms with Crippen molar-refractivity contribution in [3.05, 3.63) is 64.1 Å². The molecule has 1 aromatic carbocycles. The molecule has 1 N–H and O–H groups in total. The SMILES string of the molecule is CC(Nc1nc2sccn2c1[N+](=O)[O-])c1ncc(-c2ccccc2)o1. The number of nitro groups is 1. The van der Waals surface area contributed by atoms with Crippen LogP contribution in [0, 0.1) is 10.1 Å². The van der Waals surface area contributed by atoms with E-state index >= 15 is 0 Å². The number of aromatic nitrogens is 3. The largest absolute Gasteiger partial charge is 0.438 e. The van der Waals surface area contributed by atoms with Crippen LogP contribution in [0.2, 0.25) is 0 Å². The fourth-order valence-electron chi connectivity index (χ4n) is 2.54. The summed E-state index contributed by atoms with van der Waals surface area (Å²) >= 11 is 1.33. The first kappa shape index (κ1) is 15.3. The zero-order valence-corrected chi connectivity index (χ0v) is 13.9. The van der Waals surface area contributed by atoms with Crippen LogP contribution in [0.5, 0.6) is 0 Å². The summed E-state index contributed by atoms with van der Waals surface area (Å²) in [4.78, 5) is 20.0. The minimum atomic E-state index is -0.452. The van der Waals surface area contributed by atoms with Crippen LogP contribution in [-0.4, -0.2) is 19.3 Å². The third-order valence-corrected chi connectivity index (χ3v) is 4.47. The van der Waals surface area contributed by atoms with Crippen molar-refractivity contribution in [2.75, 3.05) is 5.32 Å². The maximum atomic E-state index is 11.4. The average Bonchev–Trinajstić information content (AvgIpc) is 3.30. The van der Waals surface area contributed by atoms with Crippen LogP contribution in [0.3, 0.4) is 0 Å². The molecular weight excluding hydrogens is 342 g/mol. The molecule has 0 amide bonds. The van der Waals surface area contributed by atoms with Gasteiger partial charge in [-0.25, -0.2) is 4.98 Å². The van der Waals surface area contributed by atoms with Crippen LogP contribution in [-0.2, 0) is 0 Å². The molecule has 0 saturated heterocycles. The number of rotatable bonds is 5. The Morgan fingerprint density at radius 2 is 2.16 bits per heavy atom. The van der Waals surface area contributed by atoms with E-state index in [1.54, 1.807) is 17.8 Å². The van der Waals surface area contributed by atoms with Crippen LogP contribution >= 0.6 is 11.3 Å². The number of nitrogens with zero attached hydrogens (tertiary/aromatic N) is 4. The molecular formula is C16H13N5O3S. The standard InChI is InChI=1S/C16H13N5O3S/c1-10(14-17-9-12(24-14)11-5-3-2-4-6-11)18-13-15(21(22)23)20-7-8-25-16(20)19-13/h2-10,18H,1H3. The smallest absolute Gasteiger partial charge is 0.372 e. The van der Waals surface area contributed by atoms with E-state index in [4.69, 9.17) is 4.42 Å². The van der Waals surface area contributed by atoms with Crippen LogP contribution in [0.4, 0.5) is 11.6 Å². The summed E-state index contributed by atoms with van der Waals surface area (Å²) < 4.78 is 7.23. The first-order valence-electron chi connectivity index (χ1n) is 7.51. The van der Waals surface area contributed by atoms with Gasteiger partial charge in [-0.1, -0.05) is 41.7 Å². The molecule has 0 spiro atoms. The van der Waals surface area contributed by atoms with Crippen molar-refractivity contribution >= 4 is 27.9 Å². The highest BCUT2D eigenvalue weighted by Gasteiger charge is 2.26. The number of anilines is 1. The average molecular weight is 355 g/mol. The second kappa shape index (κ2) is 6.02. The van der Waals surface area contributed by atoms with Crippen LogP contribution in [0.15, 0.2) is 52.5 Å². The highest BCUT2D eigenvalue weighted by atomic mass is 32.1. The molecule has 0 aliphatic heterocycles. The van der Waals surface area contributed by atoms with Crippen LogP contribution in [0.25, 0.3) is 16.3 Å². The molecule has 0 fully saturated rings. The van der Waals surface area contributed by atoms with Crippen molar-refractivity contribution in [2.45, 2.75) is 13.0 Å². The highest BCUT2D eigenvalue weighted by molar-refractivity contribution is 7.15. The van der Waals surface area contributed by atoms with E-state index in [0.29, 0.717) is 16.6 Å². The number of imidazole rings is 1. The fourth-order valence-corrected chi connectivity index (χ4v) is 3.24. The quantitative estimate of drug-likeness (QED) is 0.427. The predicted molar refractivity (Wildman–Crippen MR) is 93.7 cm³/mol. The zero-order valence-electron chi connectivity index (χ0n) is 13.1. The summed E-state index contributed by atoms with van der Waals surface area (Å²) in [6, 6.07) is 9.24. The van der Waals surface area contributed by atoms with Crippen molar-refractivity contribution in [3.63, 3.8) is 0 Å². The first-order valence-corrected chi connectivity index (χ1v) is 8.39.